The van der Waals surface area contributed by atoms with E-state index >= 15 is 0 Å². The number of rotatable bonds is 3. The van der Waals surface area contributed by atoms with Gasteiger partial charge in [0.1, 0.15) is 5.75 Å². The van der Waals surface area contributed by atoms with Gasteiger partial charge < -0.3 is 10.8 Å². The van der Waals surface area contributed by atoms with E-state index in [0.29, 0.717) is 16.8 Å². The van der Waals surface area contributed by atoms with Gasteiger partial charge in [0, 0.05) is 11.3 Å². The highest BCUT2D eigenvalue weighted by Crippen LogP contribution is 2.22. The first kappa shape index (κ1) is 13.9. The molecule has 20 heavy (non-hydrogen) atoms. The summed E-state index contributed by atoms with van der Waals surface area (Å²) in [5, 5.41) is 13.3. The Labute approximate surface area is 120 Å². The molecule has 0 atom stereocenters. The second kappa shape index (κ2) is 6.08. The number of nitrogens with zero attached hydrogens (tertiary/aromatic N) is 1. The molecule has 0 aliphatic heterocycles. The Hall–Kier alpha value is -2.53. The monoisotopic (exact) mass is 289 g/mol. The van der Waals surface area contributed by atoms with Crippen molar-refractivity contribution in [2.24, 2.45) is 5.10 Å². The molecule has 6 heteroatoms. The van der Waals surface area contributed by atoms with E-state index in [-0.39, 0.29) is 16.7 Å². The molecule has 0 unspecified atom stereocenters. The van der Waals surface area contributed by atoms with E-state index in [0.717, 1.165) is 0 Å². The molecular formula is C14H12ClN3O2. The van der Waals surface area contributed by atoms with E-state index in [4.69, 9.17) is 17.3 Å². The number of amides is 1. The van der Waals surface area contributed by atoms with Gasteiger partial charge in [-0.25, -0.2) is 5.43 Å². The third-order valence-electron chi connectivity index (χ3n) is 2.50. The van der Waals surface area contributed by atoms with Crippen LogP contribution in [0.1, 0.15) is 15.9 Å². The average Bonchev–Trinajstić information content (AvgIpc) is 2.42. The van der Waals surface area contributed by atoms with E-state index < -0.39 is 0 Å². The summed E-state index contributed by atoms with van der Waals surface area (Å²) < 4.78 is 0. The maximum atomic E-state index is 11.8. The van der Waals surface area contributed by atoms with E-state index in [2.05, 4.69) is 10.5 Å². The van der Waals surface area contributed by atoms with Crippen LogP contribution in [0, 0.1) is 0 Å². The summed E-state index contributed by atoms with van der Waals surface area (Å²) in [4.78, 5) is 11.8. The van der Waals surface area contributed by atoms with E-state index in [1.165, 1.54) is 18.3 Å². The fourth-order valence-corrected chi connectivity index (χ4v) is 1.70. The third kappa shape index (κ3) is 3.49. The van der Waals surface area contributed by atoms with Crippen molar-refractivity contribution < 1.29 is 9.90 Å². The Kier molecular flexibility index (Phi) is 4.22. The number of halogens is 1. The molecule has 4 N–H and O–H groups in total. The van der Waals surface area contributed by atoms with Gasteiger partial charge in [-0.2, -0.15) is 5.10 Å². The highest BCUT2D eigenvalue weighted by molar-refractivity contribution is 6.32. The highest BCUT2D eigenvalue weighted by Gasteiger charge is 2.03. The number of anilines is 1. The van der Waals surface area contributed by atoms with Crippen LogP contribution in [-0.4, -0.2) is 17.2 Å². The molecule has 2 rings (SSSR count). The molecule has 0 aromatic heterocycles. The number of aromatic hydroxyl groups is 1. The number of phenols is 1. The maximum Gasteiger partial charge on any atom is 0.271 e. The van der Waals surface area contributed by atoms with Gasteiger partial charge in [0.05, 0.1) is 11.2 Å². The molecule has 0 saturated heterocycles. The summed E-state index contributed by atoms with van der Waals surface area (Å²) in [6.45, 7) is 0. The van der Waals surface area contributed by atoms with Crippen molar-refractivity contribution in [2.45, 2.75) is 0 Å². The van der Waals surface area contributed by atoms with Gasteiger partial charge in [0.15, 0.2) is 0 Å². The van der Waals surface area contributed by atoms with Crippen LogP contribution >= 0.6 is 11.6 Å². The molecule has 102 valence electrons. The number of hydrogen-bond acceptors (Lipinski definition) is 4. The van der Waals surface area contributed by atoms with Crippen LogP contribution in [0.5, 0.6) is 5.75 Å². The maximum absolute atomic E-state index is 11.8. The molecule has 1 amide bonds. The number of benzene rings is 2. The van der Waals surface area contributed by atoms with E-state index in [9.17, 15) is 9.90 Å². The lowest BCUT2D eigenvalue weighted by Crippen LogP contribution is -2.17. The summed E-state index contributed by atoms with van der Waals surface area (Å²) >= 11 is 5.76. The van der Waals surface area contributed by atoms with Gasteiger partial charge in [-0.15, -0.1) is 0 Å². The molecule has 2 aromatic carbocycles. The minimum atomic E-state index is -0.363. The Morgan fingerprint density at radius 1 is 1.30 bits per heavy atom. The summed E-state index contributed by atoms with van der Waals surface area (Å²) in [7, 11) is 0. The fraction of sp³-hybridized carbons (Fsp3) is 0. The van der Waals surface area contributed by atoms with Gasteiger partial charge >= 0.3 is 0 Å². The fourth-order valence-electron chi connectivity index (χ4n) is 1.51. The second-order valence-corrected chi connectivity index (χ2v) is 4.44. The van der Waals surface area contributed by atoms with E-state index in [1.54, 1.807) is 30.3 Å². The molecule has 0 fully saturated rings. The number of nitrogen functional groups attached to an aromatic ring is 1. The Morgan fingerprint density at radius 2 is 2.10 bits per heavy atom. The van der Waals surface area contributed by atoms with Crippen LogP contribution in [0.25, 0.3) is 0 Å². The van der Waals surface area contributed by atoms with Crippen LogP contribution in [0.2, 0.25) is 5.02 Å². The van der Waals surface area contributed by atoms with Gasteiger partial charge in [0.2, 0.25) is 0 Å². The van der Waals surface area contributed by atoms with Crippen molar-refractivity contribution in [3.8, 4) is 5.75 Å². The number of nitrogens with one attached hydrogen (secondary N) is 1. The number of hydrazone groups is 1. The molecular weight excluding hydrogens is 278 g/mol. The Balaban J connectivity index is 2.02. The SMILES string of the molecule is Nc1cccc(C(=O)N/N=C\c2ccc(O)c(Cl)c2)c1. The molecule has 0 aliphatic rings. The largest absolute Gasteiger partial charge is 0.506 e. The molecule has 2 aromatic rings. The van der Waals surface area contributed by atoms with Crippen LogP contribution in [-0.2, 0) is 0 Å². The van der Waals surface area contributed by atoms with Gasteiger partial charge in [-0.3, -0.25) is 4.79 Å². The van der Waals surface area contributed by atoms with Crippen molar-refractivity contribution in [2.75, 3.05) is 5.73 Å². The molecule has 0 radical (unpaired) electrons. The second-order valence-electron chi connectivity index (χ2n) is 4.04. The first-order valence-electron chi connectivity index (χ1n) is 5.74. The van der Waals surface area contributed by atoms with Crippen molar-refractivity contribution in [1.82, 2.24) is 5.43 Å². The standard InChI is InChI=1S/C14H12ClN3O2/c15-12-6-9(4-5-13(12)19)8-17-18-14(20)10-2-1-3-11(16)7-10/h1-8,19H,16H2,(H,18,20)/b17-8-. The van der Waals surface area contributed by atoms with Gasteiger partial charge in [-0.1, -0.05) is 17.7 Å². The van der Waals surface area contributed by atoms with Crippen molar-refractivity contribution >= 4 is 29.4 Å². The van der Waals surface area contributed by atoms with Gasteiger partial charge in [0.25, 0.3) is 5.91 Å². The molecule has 0 bridgehead atoms. The quantitative estimate of drug-likeness (QED) is 0.460. The lowest BCUT2D eigenvalue weighted by Gasteiger charge is -2.01. The van der Waals surface area contributed by atoms with Crippen molar-refractivity contribution in [3.05, 3.63) is 58.6 Å². The summed E-state index contributed by atoms with van der Waals surface area (Å²) in [6, 6.07) is 11.2. The minimum absolute atomic E-state index is 0.00684. The number of hydrogen-bond donors (Lipinski definition) is 3. The Bertz CT molecular complexity index is 671. The smallest absolute Gasteiger partial charge is 0.271 e. The average molecular weight is 290 g/mol. The molecule has 0 heterocycles. The molecule has 5 nitrogen and oxygen atoms in total. The summed E-state index contributed by atoms with van der Waals surface area (Å²) in [5.74, 6) is -0.369. The zero-order valence-electron chi connectivity index (χ0n) is 10.4. The topological polar surface area (TPSA) is 87.7 Å². The zero-order chi connectivity index (χ0) is 14.5. The predicted molar refractivity (Wildman–Crippen MR) is 79.0 cm³/mol. The minimum Gasteiger partial charge on any atom is -0.506 e. The van der Waals surface area contributed by atoms with Gasteiger partial charge in [-0.05, 0) is 42.0 Å². The number of nitrogens with two attached hydrogens (primary N) is 1. The summed E-state index contributed by atoms with van der Waals surface area (Å²) in [5.41, 5.74) is 9.55. The van der Waals surface area contributed by atoms with Crippen molar-refractivity contribution in [1.29, 1.82) is 0 Å². The molecule has 0 aliphatic carbocycles. The van der Waals surface area contributed by atoms with Crippen LogP contribution in [0.3, 0.4) is 0 Å². The highest BCUT2D eigenvalue weighted by atomic mass is 35.5. The normalized spacial score (nSPS) is 10.7. The molecule has 0 spiro atoms. The third-order valence-corrected chi connectivity index (χ3v) is 2.80. The Morgan fingerprint density at radius 3 is 2.80 bits per heavy atom. The van der Waals surface area contributed by atoms with Crippen LogP contribution in [0.15, 0.2) is 47.6 Å². The predicted octanol–water partition coefficient (Wildman–Crippen LogP) is 2.39. The number of carbonyl (C=O) groups is 1. The lowest BCUT2D eigenvalue weighted by atomic mass is 10.2. The van der Waals surface area contributed by atoms with Crippen molar-refractivity contribution in [3.63, 3.8) is 0 Å². The van der Waals surface area contributed by atoms with Crippen LogP contribution < -0.4 is 11.2 Å². The zero-order valence-corrected chi connectivity index (χ0v) is 11.1. The van der Waals surface area contributed by atoms with Crippen LogP contribution in [0.4, 0.5) is 5.69 Å². The number of carbonyl (C=O) groups excluding carboxylic acids is 1. The van der Waals surface area contributed by atoms with E-state index in [1.807, 2.05) is 0 Å². The lowest BCUT2D eigenvalue weighted by molar-refractivity contribution is 0.0955. The summed E-state index contributed by atoms with van der Waals surface area (Å²) in [6.07, 6.45) is 1.43. The molecule has 0 saturated carbocycles. The first-order chi connectivity index (χ1) is 9.56. The number of phenolic OH excluding ortho intramolecular Hbond substituents is 1. The first-order valence-corrected chi connectivity index (χ1v) is 6.11.